The number of carbonyl (C=O) groups excluding carboxylic acids is 4. The summed E-state index contributed by atoms with van der Waals surface area (Å²) in [5, 5.41) is 10.6. The zero-order valence-corrected chi connectivity index (χ0v) is 58.4. The van der Waals surface area contributed by atoms with Gasteiger partial charge in [0.1, 0.15) is 19.3 Å². The Morgan fingerprint density at radius 3 is 0.816 bits per heavy atom. The summed E-state index contributed by atoms with van der Waals surface area (Å²) in [4.78, 5) is 72.4. The molecular formula is C68H132O17P2. The first-order valence-corrected chi connectivity index (χ1v) is 38.2. The van der Waals surface area contributed by atoms with Crippen LogP contribution in [0.1, 0.15) is 331 Å². The fraction of sp³-hybridized carbons (Fsp3) is 0.941. The molecule has 87 heavy (non-hydrogen) atoms. The Kier molecular flexibility index (Phi) is 56.6. The molecule has 17 nitrogen and oxygen atoms in total. The van der Waals surface area contributed by atoms with Crippen LogP contribution in [0.4, 0.5) is 0 Å². The number of aliphatic hydroxyl groups is 1. The second-order valence-electron chi connectivity index (χ2n) is 26.2. The number of phosphoric ester groups is 2. The molecule has 6 atom stereocenters. The predicted molar refractivity (Wildman–Crippen MR) is 349 cm³/mol. The number of phosphoric acid groups is 2. The Balaban J connectivity index is 5.25. The third-order valence-electron chi connectivity index (χ3n) is 15.9. The minimum absolute atomic E-state index is 0.101. The first-order chi connectivity index (χ1) is 41.6. The minimum Gasteiger partial charge on any atom is -0.462 e. The van der Waals surface area contributed by atoms with Crippen LogP contribution in [0, 0.1) is 23.7 Å². The standard InChI is InChI=1S/C68H132O17P2/c1-9-61(8)47-39-31-25-27-35-43-51-68(73)85-64(55-79-66(71)49-41-33-26-24-30-38-46-60(6)7)57-83-87(76,77)81-53-62(69)52-80-86(74,75)82-56-63(54-78-65(70)48-40-32-22-18-15-14-17-21-29-37-45-59(4)5)84-67(72)50-42-34-23-19-13-11-10-12-16-20-28-36-44-58(2)3/h58-64,69H,9-57H2,1-8H3,(H,74,75)(H,76,77)/t61?,62-,63-,64-/m1/s1. The molecule has 0 radical (unpaired) electrons. The predicted octanol–water partition coefficient (Wildman–Crippen LogP) is 18.9. The number of esters is 4. The van der Waals surface area contributed by atoms with Gasteiger partial charge < -0.3 is 33.8 Å². The molecule has 0 spiro atoms. The molecule has 0 aliphatic heterocycles. The van der Waals surface area contributed by atoms with Gasteiger partial charge in [0.15, 0.2) is 12.2 Å². The Morgan fingerprint density at radius 1 is 0.322 bits per heavy atom. The van der Waals surface area contributed by atoms with Crippen LogP contribution in [0.25, 0.3) is 0 Å². The van der Waals surface area contributed by atoms with Crippen molar-refractivity contribution >= 4 is 39.5 Å². The molecule has 0 aromatic rings. The number of carbonyl (C=O) groups is 4. The largest absolute Gasteiger partial charge is 0.472 e. The van der Waals surface area contributed by atoms with E-state index in [4.69, 9.17) is 37.0 Å². The van der Waals surface area contributed by atoms with Gasteiger partial charge in [0.25, 0.3) is 0 Å². The Bertz CT molecular complexity index is 1730. The lowest BCUT2D eigenvalue weighted by atomic mass is 10.00. The molecule has 516 valence electrons. The van der Waals surface area contributed by atoms with Crippen molar-refractivity contribution in [1.82, 2.24) is 0 Å². The Morgan fingerprint density at radius 2 is 0.552 bits per heavy atom. The lowest BCUT2D eigenvalue weighted by Crippen LogP contribution is -2.30. The molecule has 0 saturated heterocycles. The third-order valence-corrected chi connectivity index (χ3v) is 17.8. The van der Waals surface area contributed by atoms with Gasteiger partial charge in [-0.25, -0.2) is 9.13 Å². The van der Waals surface area contributed by atoms with Crippen molar-refractivity contribution in [2.75, 3.05) is 39.6 Å². The van der Waals surface area contributed by atoms with Crippen molar-refractivity contribution in [1.29, 1.82) is 0 Å². The van der Waals surface area contributed by atoms with E-state index in [0.29, 0.717) is 31.6 Å². The molecule has 0 rings (SSSR count). The highest BCUT2D eigenvalue weighted by Gasteiger charge is 2.30. The van der Waals surface area contributed by atoms with Gasteiger partial charge in [-0.05, 0) is 49.4 Å². The number of hydrogen-bond acceptors (Lipinski definition) is 15. The van der Waals surface area contributed by atoms with Crippen molar-refractivity contribution in [3.05, 3.63) is 0 Å². The van der Waals surface area contributed by atoms with Crippen molar-refractivity contribution in [3.8, 4) is 0 Å². The van der Waals surface area contributed by atoms with Crippen molar-refractivity contribution in [2.45, 2.75) is 350 Å². The van der Waals surface area contributed by atoms with E-state index in [-0.39, 0.29) is 25.7 Å². The minimum atomic E-state index is -4.95. The second kappa shape index (κ2) is 57.9. The van der Waals surface area contributed by atoms with E-state index in [1.165, 1.54) is 128 Å². The quantitative estimate of drug-likeness (QED) is 0.0222. The molecule has 3 unspecified atom stereocenters. The van der Waals surface area contributed by atoms with Gasteiger partial charge in [-0.2, -0.15) is 0 Å². The Labute approximate surface area is 530 Å². The maximum absolute atomic E-state index is 13.0. The van der Waals surface area contributed by atoms with Crippen molar-refractivity contribution in [3.63, 3.8) is 0 Å². The van der Waals surface area contributed by atoms with Crippen LogP contribution in [0.5, 0.6) is 0 Å². The summed E-state index contributed by atoms with van der Waals surface area (Å²) in [6.45, 7) is 14.0. The monoisotopic (exact) mass is 1280 g/mol. The van der Waals surface area contributed by atoms with Gasteiger partial charge >= 0.3 is 39.5 Å². The number of aliphatic hydroxyl groups excluding tert-OH is 1. The van der Waals surface area contributed by atoms with E-state index in [2.05, 4.69) is 55.4 Å². The number of ether oxygens (including phenoxy) is 4. The highest BCUT2D eigenvalue weighted by Crippen LogP contribution is 2.45. The van der Waals surface area contributed by atoms with Gasteiger partial charge in [-0.1, -0.05) is 280 Å². The molecule has 0 amide bonds. The lowest BCUT2D eigenvalue weighted by Gasteiger charge is -2.21. The molecule has 0 aliphatic rings. The maximum atomic E-state index is 13.0. The van der Waals surface area contributed by atoms with Crippen LogP contribution in [0.15, 0.2) is 0 Å². The van der Waals surface area contributed by atoms with E-state index >= 15 is 0 Å². The summed E-state index contributed by atoms with van der Waals surface area (Å²) in [7, 11) is -9.90. The van der Waals surface area contributed by atoms with Crippen LogP contribution >= 0.6 is 15.6 Å². The molecule has 0 aromatic carbocycles. The van der Waals surface area contributed by atoms with Crippen molar-refractivity contribution in [2.24, 2.45) is 23.7 Å². The van der Waals surface area contributed by atoms with Gasteiger partial charge in [0.05, 0.1) is 26.4 Å². The molecule has 19 heteroatoms. The molecule has 3 N–H and O–H groups in total. The van der Waals surface area contributed by atoms with Crippen LogP contribution in [0.3, 0.4) is 0 Å². The third kappa shape index (κ3) is 61.3. The molecule has 0 bridgehead atoms. The average Bonchev–Trinajstić information content (AvgIpc) is 3.63. The molecular weight excluding hydrogens is 1150 g/mol. The molecule has 0 aromatic heterocycles. The topological polar surface area (TPSA) is 237 Å². The van der Waals surface area contributed by atoms with E-state index in [0.717, 1.165) is 114 Å². The van der Waals surface area contributed by atoms with Gasteiger partial charge in [0.2, 0.25) is 0 Å². The van der Waals surface area contributed by atoms with Gasteiger partial charge in [0, 0.05) is 25.7 Å². The summed E-state index contributed by atoms with van der Waals surface area (Å²) in [6, 6.07) is 0. The zero-order valence-electron chi connectivity index (χ0n) is 56.6. The number of hydrogen-bond donors (Lipinski definition) is 3. The Hall–Kier alpha value is -1.94. The summed E-state index contributed by atoms with van der Waals surface area (Å²) in [6.07, 6.45) is 39.1. The summed E-state index contributed by atoms with van der Waals surface area (Å²) in [5.74, 6) is 0.799. The first-order valence-electron chi connectivity index (χ1n) is 35.2. The molecule has 0 fully saturated rings. The normalized spacial score (nSPS) is 14.6. The van der Waals surface area contributed by atoms with Crippen LogP contribution in [0.2, 0.25) is 0 Å². The molecule has 0 aliphatic carbocycles. The van der Waals surface area contributed by atoms with Gasteiger partial charge in [-0.15, -0.1) is 0 Å². The second-order valence-corrected chi connectivity index (χ2v) is 29.1. The van der Waals surface area contributed by atoms with Crippen molar-refractivity contribution < 1.29 is 80.2 Å². The smallest absolute Gasteiger partial charge is 0.462 e. The lowest BCUT2D eigenvalue weighted by molar-refractivity contribution is -0.161. The zero-order chi connectivity index (χ0) is 64.7. The maximum Gasteiger partial charge on any atom is 0.472 e. The summed E-state index contributed by atoms with van der Waals surface area (Å²) >= 11 is 0. The molecule has 0 heterocycles. The molecule has 0 saturated carbocycles. The van der Waals surface area contributed by atoms with Crippen LogP contribution in [-0.4, -0.2) is 96.7 Å². The summed E-state index contributed by atoms with van der Waals surface area (Å²) < 4.78 is 68.1. The van der Waals surface area contributed by atoms with Crippen LogP contribution in [-0.2, 0) is 65.4 Å². The average molecular weight is 1280 g/mol. The van der Waals surface area contributed by atoms with E-state index in [1.807, 2.05) is 0 Å². The highest BCUT2D eigenvalue weighted by molar-refractivity contribution is 7.47. The SMILES string of the molecule is CCC(C)CCCCCCCCC(=O)O[C@H](COC(=O)CCCCCCCCC(C)C)COP(=O)(O)OC[C@H](O)COP(=O)(O)OC[C@@H](COC(=O)CCCCCCCCCCCCC(C)C)OC(=O)CCCCCCCCCCCCCCC(C)C. The fourth-order valence-corrected chi connectivity index (χ4v) is 11.7. The number of rotatable bonds is 65. The summed E-state index contributed by atoms with van der Waals surface area (Å²) in [5.41, 5.74) is 0. The van der Waals surface area contributed by atoms with E-state index in [9.17, 15) is 43.2 Å². The van der Waals surface area contributed by atoms with Crippen LogP contribution < -0.4 is 0 Å². The highest BCUT2D eigenvalue weighted by atomic mass is 31.2. The van der Waals surface area contributed by atoms with E-state index < -0.39 is 97.5 Å². The fourth-order valence-electron chi connectivity index (χ4n) is 10.1. The van der Waals surface area contributed by atoms with Gasteiger partial charge in [-0.3, -0.25) is 37.3 Å². The number of unbranched alkanes of at least 4 members (excludes halogenated alkanes) is 30. The first kappa shape index (κ1) is 85.1. The van der Waals surface area contributed by atoms with E-state index in [1.54, 1.807) is 0 Å².